The smallest absolute Gasteiger partial charge is 0.0823 e. The Hall–Kier alpha value is -0.0600. The molecule has 0 bridgehead atoms. The van der Waals surface area contributed by atoms with E-state index in [1.54, 1.807) is 6.20 Å². The second kappa shape index (κ2) is 5.51. The van der Waals surface area contributed by atoms with E-state index in [1.165, 1.54) is 18.5 Å². The van der Waals surface area contributed by atoms with Gasteiger partial charge in [-0.05, 0) is 33.4 Å². The second-order valence-electron chi connectivity index (χ2n) is 5.77. The summed E-state index contributed by atoms with van der Waals surface area (Å²) in [6.07, 6.45) is 5.32. The van der Waals surface area contributed by atoms with Gasteiger partial charge in [0.2, 0.25) is 0 Å². The molecule has 0 spiro atoms. The summed E-state index contributed by atoms with van der Waals surface area (Å²) in [5.41, 5.74) is 1.38. The van der Waals surface area contributed by atoms with E-state index in [0.717, 1.165) is 24.5 Å². The summed E-state index contributed by atoms with van der Waals surface area (Å²) in [6, 6.07) is 0. The molecule has 0 aromatic carbocycles. The molecule has 2 rings (SSSR count). The zero-order chi connectivity index (χ0) is 13.3. The predicted molar refractivity (Wildman–Crippen MR) is 79.7 cm³/mol. The van der Waals surface area contributed by atoms with Gasteiger partial charge in [0.15, 0.2) is 0 Å². The molecule has 1 saturated carbocycles. The second-order valence-corrected chi connectivity index (χ2v) is 7.47. The summed E-state index contributed by atoms with van der Waals surface area (Å²) in [6.45, 7) is 4.19. The maximum absolute atomic E-state index is 6.37. The Labute approximate surface area is 123 Å². The molecule has 0 aliphatic heterocycles. The lowest BCUT2D eigenvalue weighted by molar-refractivity contribution is 0.352. The number of likely N-dealkylation sites (N-methyl/N-ethyl adjacent to an activating group) is 1. The van der Waals surface area contributed by atoms with Crippen LogP contribution < -0.4 is 0 Å². The summed E-state index contributed by atoms with van der Waals surface area (Å²) in [4.78, 5) is 2.78. The van der Waals surface area contributed by atoms with Crippen molar-refractivity contribution in [2.75, 3.05) is 20.6 Å². The molecule has 0 radical (unpaired) electrons. The molecule has 18 heavy (non-hydrogen) atoms. The first-order valence-corrected chi connectivity index (χ1v) is 7.72. The van der Waals surface area contributed by atoms with Crippen molar-refractivity contribution in [1.82, 2.24) is 14.7 Å². The zero-order valence-electron chi connectivity index (χ0n) is 11.3. The Morgan fingerprint density at radius 3 is 2.89 bits per heavy atom. The van der Waals surface area contributed by atoms with Crippen LogP contribution in [0.5, 0.6) is 0 Å². The van der Waals surface area contributed by atoms with Crippen LogP contribution >= 0.6 is 27.5 Å². The summed E-state index contributed by atoms with van der Waals surface area (Å²) >= 11 is 10.1. The number of hydrogen-bond donors (Lipinski definition) is 0. The number of hydrogen-bond acceptors (Lipinski definition) is 2. The molecule has 2 atom stereocenters. The minimum absolute atomic E-state index is 0.161. The molecule has 0 saturated heterocycles. The quantitative estimate of drug-likeness (QED) is 0.788. The van der Waals surface area contributed by atoms with Crippen molar-refractivity contribution in [1.29, 1.82) is 0 Å². The van der Waals surface area contributed by atoms with Gasteiger partial charge >= 0.3 is 0 Å². The van der Waals surface area contributed by atoms with Gasteiger partial charge in [-0.1, -0.05) is 34.5 Å². The highest BCUT2D eigenvalue weighted by Crippen LogP contribution is 2.45. The number of alkyl halides is 1. The summed E-state index contributed by atoms with van der Waals surface area (Å²) in [7, 11) is 4.16. The standard InChI is InChI=1S/C13H21BrClN3/c1-13(5-4-10(14)8-13)12-11(15)9-16-18(12)7-6-17(2)3/h9-10H,4-8H2,1-3H3. The van der Waals surface area contributed by atoms with Crippen molar-refractivity contribution in [2.24, 2.45) is 0 Å². The fraction of sp³-hybridized carbons (Fsp3) is 0.769. The van der Waals surface area contributed by atoms with Crippen molar-refractivity contribution >= 4 is 27.5 Å². The maximum Gasteiger partial charge on any atom is 0.0823 e. The Balaban J connectivity index is 2.23. The number of halogens is 2. The van der Waals surface area contributed by atoms with E-state index in [2.05, 4.69) is 51.6 Å². The van der Waals surface area contributed by atoms with Gasteiger partial charge in [-0.2, -0.15) is 5.10 Å². The fourth-order valence-corrected chi connectivity index (χ4v) is 4.12. The zero-order valence-corrected chi connectivity index (χ0v) is 13.6. The number of rotatable bonds is 4. The molecule has 0 amide bonds. The van der Waals surface area contributed by atoms with Gasteiger partial charge in [0.25, 0.3) is 0 Å². The minimum atomic E-state index is 0.161. The molecule has 2 unspecified atom stereocenters. The molecule has 1 aliphatic carbocycles. The van der Waals surface area contributed by atoms with Crippen molar-refractivity contribution < 1.29 is 0 Å². The molecule has 1 aliphatic rings. The predicted octanol–water partition coefficient (Wildman–Crippen LogP) is 3.30. The first kappa shape index (κ1) is 14.4. The summed E-state index contributed by atoms with van der Waals surface area (Å²) in [5.74, 6) is 0. The van der Waals surface area contributed by atoms with E-state index in [-0.39, 0.29) is 5.41 Å². The molecule has 1 aromatic heterocycles. The molecule has 5 heteroatoms. The first-order chi connectivity index (χ1) is 8.42. The highest BCUT2D eigenvalue weighted by atomic mass is 79.9. The van der Waals surface area contributed by atoms with Crippen LogP contribution in [-0.4, -0.2) is 40.1 Å². The van der Waals surface area contributed by atoms with Crippen LogP contribution in [-0.2, 0) is 12.0 Å². The summed E-state index contributed by atoms with van der Waals surface area (Å²) in [5, 5.41) is 5.26. The highest BCUT2D eigenvalue weighted by molar-refractivity contribution is 9.09. The molecular weight excluding hydrogens is 314 g/mol. The van der Waals surface area contributed by atoms with E-state index in [9.17, 15) is 0 Å². The third-order valence-electron chi connectivity index (χ3n) is 3.81. The molecule has 3 nitrogen and oxygen atoms in total. The molecule has 102 valence electrons. The van der Waals surface area contributed by atoms with Crippen LogP contribution in [0.4, 0.5) is 0 Å². The lowest BCUT2D eigenvalue weighted by Crippen LogP contribution is -2.27. The van der Waals surface area contributed by atoms with Crippen molar-refractivity contribution in [3.05, 3.63) is 16.9 Å². The van der Waals surface area contributed by atoms with E-state index < -0.39 is 0 Å². The summed E-state index contributed by atoms with van der Waals surface area (Å²) < 4.78 is 2.09. The lowest BCUT2D eigenvalue weighted by atomic mass is 9.85. The Kier molecular flexibility index (Phi) is 4.40. The van der Waals surface area contributed by atoms with Crippen molar-refractivity contribution in [2.45, 2.75) is 43.0 Å². The van der Waals surface area contributed by atoms with E-state index >= 15 is 0 Å². The van der Waals surface area contributed by atoms with E-state index in [0.29, 0.717) is 4.83 Å². The van der Waals surface area contributed by atoms with Crippen LogP contribution in [0, 0.1) is 0 Å². The van der Waals surface area contributed by atoms with E-state index in [4.69, 9.17) is 11.6 Å². The van der Waals surface area contributed by atoms with Crippen LogP contribution in [0.15, 0.2) is 6.20 Å². The number of nitrogens with zero attached hydrogens (tertiary/aromatic N) is 3. The lowest BCUT2D eigenvalue weighted by Gasteiger charge is -2.26. The monoisotopic (exact) mass is 333 g/mol. The van der Waals surface area contributed by atoms with Crippen molar-refractivity contribution in [3.8, 4) is 0 Å². The molecule has 1 fully saturated rings. The fourth-order valence-electron chi connectivity index (χ4n) is 2.81. The van der Waals surface area contributed by atoms with Gasteiger partial charge in [0, 0.05) is 16.8 Å². The normalized spacial score (nSPS) is 28.2. The van der Waals surface area contributed by atoms with Crippen LogP contribution in [0.2, 0.25) is 5.02 Å². The topological polar surface area (TPSA) is 21.1 Å². The molecule has 1 heterocycles. The Bertz CT molecular complexity index is 418. The third kappa shape index (κ3) is 2.91. The van der Waals surface area contributed by atoms with Gasteiger partial charge in [0.1, 0.15) is 0 Å². The largest absolute Gasteiger partial charge is 0.308 e. The Morgan fingerprint density at radius 2 is 2.33 bits per heavy atom. The molecule has 0 N–H and O–H groups in total. The van der Waals surface area contributed by atoms with E-state index in [1.807, 2.05) is 0 Å². The highest BCUT2D eigenvalue weighted by Gasteiger charge is 2.39. The van der Waals surface area contributed by atoms with Gasteiger partial charge in [-0.15, -0.1) is 0 Å². The minimum Gasteiger partial charge on any atom is -0.308 e. The molecular formula is C13H21BrClN3. The average molecular weight is 335 g/mol. The van der Waals surface area contributed by atoms with Crippen LogP contribution in [0.3, 0.4) is 0 Å². The SMILES string of the molecule is CN(C)CCn1ncc(Cl)c1C1(C)CCC(Br)C1. The van der Waals surface area contributed by atoms with Crippen molar-refractivity contribution in [3.63, 3.8) is 0 Å². The van der Waals surface area contributed by atoms with Gasteiger partial charge < -0.3 is 4.90 Å². The molecule has 1 aromatic rings. The third-order valence-corrected chi connectivity index (χ3v) is 4.87. The van der Waals surface area contributed by atoms with Crippen LogP contribution in [0.25, 0.3) is 0 Å². The average Bonchev–Trinajstić information content (AvgIpc) is 2.80. The van der Waals surface area contributed by atoms with Gasteiger partial charge in [-0.25, -0.2) is 0 Å². The van der Waals surface area contributed by atoms with Crippen LogP contribution in [0.1, 0.15) is 31.9 Å². The maximum atomic E-state index is 6.37. The Morgan fingerprint density at radius 1 is 1.61 bits per heavy atom. The first-order valence-electron chi connectivity index (χ1n) is 6.43. The van der Waals surface area contributed by atoms with Gasteiger partial charge in [0.05, 0.1) is 23.5 Å². The number of aromatic nitrogens is 2. The van der Waals surface area contributed by atoms with Gasteiger partial charge in [-0.3, -0.25) is 4.68 Å².